The van der Waals surface area contributed by atoms with Gasteiger partial charge in [0, 0.05) is 152 Å². The Bertz CT molecular complexity index is 6240. The number of aryl methyl sites for hydroxylation is 7. The van der Waals surface area contributed by atoms with Crippen molar-refractivity contribution in [3.63, 3.8) is 0 Å². The molecular formula is C120H96Ir4N8-8. The first-order valence-electron chi connectivity index (χ1n) is 42.5. The second-order valence-electron chi connectivity index (χ2n) is 29.7. The summed E-state index contributed by atoms with van der Waals surface area (Å²) in [5.41, 5.74) is 34.2. The topological polar surface area (TPSA) is 103 Å². The zero-order valence-electron chi connectivity index (χ0n) is 74.3. The molecule has 12 heteroatoms. The normalized spacial score (nSPS) is 9.87. The molecular weight excluding hydrogens is 2320 g/mol. The molecule has 20 aromatic rings. The van der Waals surface area contributed by atoms with Crippen LogP contribution in [-0.4, -0.2) is 39.9 Å². The van der Waals surface area contributed by atoms with Crippen molar-refractivity contribution in [2.45, 2.75) is 54.9 Å². The third-order valence-electron chi connectivity index (χ3n) is 20.3. The van der Waals surface area contributed by atoms with Gasteiger partial charge >= 0.3 is 0 Å². The van der Waals surface area contributed by atoms with Gasteiger partial charge < -0.3 is 39.9 Å². The number of nitrogens with zero attached hydrogens (tertiary/aromatic N) is 8. The van der Waals surface area contributed by atoms with Gasteiger partial charge in [-0.25, -0.2) is 0 Å². The van der Waals surface area contributed by atoms with Gasteiger partial charge in [-0.3, -0.25) is 0 Å². The fraction of sp³-hybridized carbons (Fsp3) is 0.0667. The number of benzene rings is 12. The van der Waals surface area contributed by atoms with Crippen molar-refractivity contribution < 1.29 is 80.4 Å². The van der Waals surface area contributed by atoms with Gasteiger partial charge in [-0.15, -0.1) is 287 Å². The van der Waals surface area contributed by atoms with Gasteiger partial charge in [0.25, 0.3) is 0 Å². The van der Waals surface area contributed by atoms with E-state index in [1.165, 1.54) is 77.9 Å². The Morgan fingerprint density at radius 1 is 0.205 bits per heavy atom. The molecule has 0 aliphatic carbocycles. The number of hydrogen-bond donors (Lipinski definition) is 0. The molecule has 8 heterocycles. The van der Waals surface area contributed by atoms with E-state index in [4.69, 9.17) is 0 Å². The van der Waals surface area contributed by atoms with Crippen molar-refractivity contribution in [3.8, 4) is 135 Å². The summed E-state index contributed by atoms with van der Waals surface area (Å²) >= 11 is 0. The first kappa shape index (κ1) is 102. The Morgan fingerprint density at radius 3 is 0.879 bits per heavy atom. The van der Waals surface area contributed by atoms with Crippen LogP contribution < -0.4 is 0 Å². The third-order valence-corrected chi connectivity index (χ3v) is 20.3. The smallest absolute Gasteiger partial charge is 0.0344 e. The van der Waals surface area contributed by atoms with Crippen LogP contribution in [-0.2, 0) is 86.8 Å². The van der Waals surface area contributed by atoms with Crippen molar-refractivity contribution >= 4 is 0 Å². The minimum absolute atomic E-state index is 0. The second-order valence-corrected chi connectivity index (χ2v) is 29.7. The van der Waals surface area contributed by atoms with Crippen LogP contribution in [0.15, 0.2) is 444 Å². The van der Waals surface area contributed by atoms with Gasteiger partial charge in [0.2, 0.25) is 0 Å². The van der Waals surface area contributed by atoms with E-state index in [1.807, 2.05) is 311 Å². The molecule has 0 atom stereocenters. The first-order valence-corrected chi connectivity index (χ1v) is 42.5. The van der Waals surface area contributed by atoms with E-state index in [2.05, 4.69) is 251 Å². The fourth-order valence-corrected chi connectivity index (χ4v) is 13.7. The molecule has 0 fully saturated rings. The van der Waals surface area contributed by atoms with E-state index < -0.39 is 0 Å². The van der Waals surface area contributed by atoms with Gasteiger partial charge in [-0.05, 0) is 149 Å². The summed E-state index contributed by atoms with van der Waals surface area (Å²) in [5, 5.41) is 0. The standard InChI is InChI=1S/C20H18N.C19H16N.2C18H14N.C12H10N.3C11H8N.4Ir/c1-14-6-4-8-17(10-14)19-13-21-20(12-16(19)3)18-9-5-7-15(2)11-18;1-2-15-13-19(17-11-7-4-8-12-17)20-14-18(15)16-9-5-3-6-10-16;1-14-12-18(16-10-6-3-7-11-16)19-13-17(14)15-8-4-2-5-9-15;1-14-17(15-8-4-2-5-9-15)12-13-18(19-14)16-10-6-3-7-11-16;1-10-7-8-12(13-9-10)11-5-3-2-4-6-11;3*1-2-6-10(7-3-1)11-8-4-5-9-12-11;;;;/h4-8,10-13H,1-3H3;3-11,13-14H,2H2,1H3;2*2-10,12-13H,1H3;2-5,7-9H,1H3;3*1-6,8-9H;;;;/q8*-1;;;;. The fourth-order valence-electron chi connectivity index (χ4n) is 13.7. The van der Waals surface area contributed by atoms with Crippen LogP contribution >= 0.6 is 0 Å². The van der Waals surface area contributed by atoms with E-state index in [1.54, 1.807) is 18.6 Å². The van der Waals surface area contributed by atoms with E-state index in [-0.39, 0.29) is 80.4 Å². The van der Waals surface area contributed by atoms with E-state index in [0.717, 1.165) is 102 Å². The molecule has 12 aromatic carbocycles. The summed E-state index contributed by atoms with van der Waals surface area (Å²) in [7, 11) is 0. The Labute approximate surface area is 833 Å². The first-order chi connectivity index (χ1) is 63.0. The summed E-state index contributed by atoms with van der Waals surface area (Å²) in [4.78, 5) is 35.4. The minimum atomic E-state index is 0. The Balaban J connectivity index is 0.000000171. The average Bonchev–Trinajstić information content (AvgIpc) is 0.886. The zero-order chi connectivity index (χ0) is 88.5. The monoisotopic (exact) mass is 2420 g/mol. The van der Waals surface area contributed by atoms with Crippen LogP contribution in [0.2, 0.25) is 0 Å². The molecule has 0 saturated heterocycles. The Morgan fingerprint density at radius 2 is 0.523 bits per heavy atom. The quantitative estimate of drug-likeness (QED) is 0.105. The molecule has 4 radical (unpaired) electrons. The Kier molecular flexibility index (Phi) is 42.9. The maximum absolute atomic E-state index is 4.69. The molecule has 0 bridgehead atoms. The average molecular weight is 2420 g/mol. The molecule has 8 nitrogen and oxygen atoms in total. The molecule has 0 aliphatic rings. The van der Waals surface area contributed by atoms with Gasteiger partial charge in [0.1, 0.15) is 0 Å². The molecule has 8 aromatic heterocycles. The molecule has 0 unspecified atom stereocenters. The molecule has 660 valence electrons. The predicted molar refractivity (Wildman–Crippen MR) is 528 cm³/mol. The minimum Gasteiger partial charge on any atom is -0.305 e. The number of pyridine rings is 8. The summed E-state index contributed by atoms with van der Waals surface area (Å²) in [6, 6.07) is 159. The van der Waals surface area contributed by atoms with Crippen LogP contribution in [0.1, 0.15) is 46.0 Å². The molecule has 0 spiro atoms. The van der Waals surface area contributed by atoms with Gasteiger partial charge in [-0.1, -0.05) is 214 Å². The molecule has 0 saturated carbocycles. The van der Waals surface area contributed by atoms with Crippen molar-refractivity contribution in [2.24, 2.45) is 0 Å². The molecule has 20 rings (SSSR count). The Hall–Kier alpha value is -13.6. The summed E-state index contributed by atoms with van der Waals surface area (Å²) in [6.07, 6.45) is 14.1. The summed E-state index contributed by atoms with van der Waals surface area (Å²) < 4.78 is 0. The molecule has 0 N–H and O–H groups in total. The van der Waals surface area contributed by atoms with Crippen molar-refractivity contribution in [3.05, 3.63) is 531 Å². The van der Waals surface area contributed by atoms with E-state index in [0.29, 0.717) is 0 Å². The largest absolute Gasteiger partial charge is 0.305 e. The maximum Gasteiger partial charge on any atom is 0.0344 e. The summed E-state index contributed by atoms with van der Waals surface area (Å²) in [5.74, 6) is 0. The van der Waals surface area contributed by atoms with Crippen LogP contribution in [0.5, 0.6) is 0 Å². The van der Waals surface area contributed by atoms with Crippen molar-refractivity contribution in [2.75, 3.05) is 0 Å². The van der Waals surface area contributed by atoms with E-state index >= 15 is 0 Å². The van der Waals surface area contributed by atoms with E-state index in [9.17, 15) is 0 Å². The molecule has 0 aliphatic heterocycles. The second kappa shape index (κ2) is 55.5. The number of hydrogen-bond acceptors (Lipinski definition) is 8. The predicted octanol–water partition coefficient (Wildman–Crippen LogP) is 29.5. The van der Waals surface area contributed by atoms with Crippen LogP contribution in [0, 0.1) is 90.1 Å². The van der Waals surface area contributed by atoms with Crippen LogP contribution in [0.4, 0.5) is 0 Å². The number of aromatic nitrogens is 8. The van der Waals surface area contributed by atoms with Crippen LogP contribution in [0.25, 0.3) is 135 Å². The third kappa shape index (κ3) is 31.4. The van der Waals surface area contributed by atoms with Gasteiger partial charge in [0.05, 0.1) is 0 Å². The van der Waals surface area contributed by atoms with Crippen molar-refractivity contribution in [1.82, 2.24) is 39.9 Å². The van der Waals surface area contributed by atoms with Gasteiger partial charge in [0.15, 0.2) is 0 Å². The van der Waals surface area contributed by atoms with Gasteiger partial charge in [-0.2, -0.15) is 0 Å². The molecule has 132 heavy (non-hydrogen) atoms. The van der Waals surface area contributed by atoms with Crippen LogP contribution in [0.3, 0.4) is 0 Å². The van der Waals surface area contributed by atoms with Crippen molar-refractivity contribution in [1.29, 1.82) is 0 Å². The summed E-state index contributed by atoms with van der Waals surface area (Å²) in [6.45, 7) is 14.7. The maximum atomic E-state index is 4.69. The molecule has 0 amide bonds. The number of rotatable bonds is 13. The zero-order valence-corrected chi connectivity index (χ0v) is 83.8. The SMILES string of the molecule is CCc1cc(-c2[c-]cccc2)ncc1-c1ccccc1.Cc1cc(-c2[c-]cccc2)ncc1-c1ccccc1.Cc1cc[c-]c(-c2cc(C)c(-c3cccc(C)c3)cn2)c1.Cc1ccc(-c2[c-]cccc2)nc1.Cc1nc(-c2[c-]cccc2)ccc1-c1ccccc1.[Ir].[Ir].[Ir].[Ir].[c-]1ccccc1-c1ccccn1.[c-]1ccccc1-c1ccccn1.[c-]1ccccc1-c1ccccn1.